The molecule has 0 aliphatic heterocycles. The van der Waals surface area contributed by atoms with Crippen molar-refractivity contribution in [3.05, 3.63) is 40.4 Å². The van der Waals surface area contributed by atoms with Crippen LogP contribution in [0.4, 0.5) is 5.13 Å². The Labute approximate surface area is 105 Å². The van der Waals surface area contributed by atoms with Gasteiger partial charge in [0.15, 0.2) is 0 Å². The summed E-state index contributed by atoms with van der Waals surface area (Å²) in [5.41, 5.74) is 2.34. The van der Waals surface area contributed by atoms with Crippen LogP contribution in [0.3, 0.4) is 0 Å². The summed E-state index contributed by atoms with van der Waals surface area (Å²) in [4.78, 5) is 4.33. The van der Waals surface area contributed by atoms with Crippen molar-refractivity contribution in [1.82, 2.24) is 10.2 Å². The summed E-state index contributed by atoms with van der Waals surface area (Å²) in [7, 11) is 0. The Hall–Kier alpha value is -1.55. The van der Waals surface area contributed by atoms with Crippen LogP contribution in [0.15, 0.2) is 29.3 Å². The van der Waals surface area contributed by atoms with Gasteiger partial charge in [0.05, 0.1) is 0 Å². The van der Waals surface area contributed by atoms with E-state index in [9.17, 15) is 0 Å². The number of nitrogens with zero attached hydrogens (tertiary/aromatic N) is 3. The van der Waals surface area contributed by atoms with Crippen LogP contribution >= 0.6 is 11.3 Å². The van der Waals surface area contributed by atoms with Gasteiger partial charge >= 0.3 is 0 Å². The second-order valence-corrected chi connectivity index (χ2v) is 4.94. The Kier molecular flexibility index (Phi) is 3.98. The zero-order valence-electron chi connectivity index (χ0n) is 10.1. The maximum absolute atomic E-state index is 4.33. The maximum atomic E-state index is 4.33. The number of benzene rings is 1. The number of aryl methyl sites for hydroxylation is 2. The highest BCUT2D eigenvalue weighted by Gasteiger charge is 2.00. The molecule has 4 heteroatoms. The van der Waals surface area contributed by atoms with E-state index in [4.69, 9.17) is 0 Å². The zero-order valence-corrected chi connectivity index (χ0v) is 10.9. The summed E-state index contributed by atoms with van der Waals surface area (Å²) in [6, 6.07) is 8.24. The molecule has 0 aliphatic carbocycles. The van der Waals surface area contributed by atoms with Gasteiger partial charge in [0.25, 0.3) is 0 Å². The monoisotopic (exact) mass is 245 g/mol. The molecule has 0 spiro atoms. The molecular formula is C13H15N3S. The fourth-order valence-corrected chi connectivity index (χ4v) is 2.18. The van der Waals surface area contributed by atoms with Gasteiger partial charge in [-0.05, 0) is 18.9 Å². The van der Waals surface area contributed by atoms with Gasteiger partial charge in [0.2, 0.25) is 5.13 Å². The Morgan fingerprint density at radius 3 is 2.71 bits per heavy atom. The molecule has 2 aromatic rings. The van der Waals surface area contributed by atoms with E-state index in [0.29, 0.717) is 0 Å². The summed E-state index contributed by atoms with van der Waals surface area (Å²) in [6.45, 7) is 4.21. The van der Waals surface area contributed by atoms with Crippen molar-refractivity contribution in [3.63, 3.8) is 0 Å². The Bertz CT molecular complexity index is 500. The third-order valence-corrected chi connectivity index (χ3v) is 3.21. The summed E-state index contributed by atoms with van der Waals surface area (Å²) >= 11 is 1.56. The number of rotatable bonds is 4. The third-order valence-electron chi connectivity index (χ3n) is 2.32. The van der Waals surface area contributed by atoms with Crippen molar-refractivity contribution in [2.45, 2.75) is 26.7 Å². The minimum absolute atomic E-state index is 0.731. The lowest BCUT2D eigenvalue weighted by Gasteiger charge is -1.92. The normalized spacial score (nSPS) is 11.2. The molecule has 0 saturated carbocycles. The van der Waals surface area contributed by atoms with Gasteiger partial charge in [-0.25, -0.2) is 4.99 Å². The molecule has 0 atom stereocenters. The van der Waals surface area contributed by atoms with Crippen LogP contribution < -0.4 is 0 Å². The van der Waals surface area contributed by atoms with Crippen LogP contribution in [-0.4, -0.2) is 16.4 Å². The van der Waals surface area contributed by atoms with Crippen LogP contribution in [0, 0.1) is 6.92 Å². The second-order valence-electron chi connectivity index (χ2n) is 3.90. The lowest BCUT2D eigenvalue weighted by atomic mass is 10.2. The molecule has 0 N–H and O–H groups in total. The highest BCUT2D eigenvalue weighted by molar-refractivity contribution is 7.14. The molecule has 0 bridgehead atoms. The molecule has 1 aromatic heterocycles. The fraction of sp³-hybridized carbons (Fsp3) is 0.308. The molecule has 2 rings (SSSR count). The summed E-state index contributed by atoms with van der Waals surface area (Å²) < 4.78 is 0. The van der Waals surface area contributed by atoms with Gasteiger partial charge in [0.1, 0.15) is 5.01 Å². The minimum atomic E-state index is 0.731. The van der Waals surface area contributed by atoms with E-state index in [-0.39, 0.29) is 0 Å². The van der Waals surface area contributed by atoms with Crippen molar-refractivity contribution >= 4 is 22.7 Å². The average Bonchev–Trinajstić information content (AvgIpc) is 2.77. The maximum Gasteiger partial charge on any atom is 0.231 e. The first-order chi connectivity index (χ1) is 8.28. The minimum Gasteiger partial charge on any atom is -0.226 e. The summed E-state index contributed by atoms with van der Waals surface area (Å²) in [5.74, 6) is 0. The zero-order chi connectivity index (χ0) is 12.1. The second kappa shape index (κ2) is 5.68. The molecule has 0 unspecified atom stereocenters. The van der Waals surface area contributed by atoms with E-state index in [1.165, 1.54) is 5.56 Å². The molecule has 0 aliphatic rings. The number of hydrogen-bond acceptors (Lipinski definition) is 4. The molecule has 88 valence electrons. The molecule has 1 heterocycles. The van der Waals surface area contributed by atoms with Crippen molar-refractivity contribution < 1.29 is 0 Å². The molecule has 0 saturated heterocycles. The van der Waals surface area contributed by atoms with E-state index < -0.39 is 0 Å². The first-order valence-corrected chi connectivity index (χ1v) is 6.52. The van der Waals surface area contributed by atoms with Crippen LogP contribution in [0.1, 0.15) is 29.5 Å². The van der Waals surface area contributed by atoms with E-state index in [0.717, 1.165) is 28.5 Å². The van der Waals surface area contributed by atoms with Crippen molar-refractivity contribution in [2.75, 3.05) is 0 Å². The number of aliphatic imine (C=N–C) groups is 1. The standard InChI is InChI=1S/C13H15N3S/c1-3-4-12-15-16-13(17-12)14-9-11-7-5-10(2)6-8-11/h5-9H,3-4H2,1-2H3. The van der Waals surface area contributed by atoms with Gasteiger partial charge in [-0.3, -0.25) is 0 Å². The quantitative estimate of drug-likeness (QED) is 0.773. The molecule has 17 heavy (non-hydrogen) atoms. The van der Waals surface area contributed by atoms with Gasteiger partial charge < -0.3 is 0 Å². The predicted molar refractivity (Wildman–Crippen MR) is 72.3 cm³/mol. The lowest BCUT2D eigenvalue weighted by molar-refractivity contribution is 0.878. The summed E-state index contributed by atoms with van der Waals surface area (Å²) in [5, 5.41) is 9.91. The molecule has 3 nitrogen and oxygen atoms in total. The summed E-state index contributed by atoms with van der Waals surface area (Å²) in [6.07, 6.45) is 3.91. The third kappa shape index (κ3) is 3.46. The lowest BCUT2D eigenvalue weighted by Crippen LogP contribution is -1.80. The molecule has 0 amide bonds. The number of aromatic nitrogens is 2. The van der Waals surface area contributed by atoms with Gasteiger partial charge in [-0.1, -0.05) is 48.1 Å². The largest absolute Gasteiger partial charge is 0.231 e. The molecule has 0 fully saturated rings. The average molecular weight is 245 g/mol. The van der Waals surface area contributed by atoms with Gasteiger partial charge in [-0.2, -0.15) is 0 Å². The fourth-order valence-electron chi connectivity index (χ4n) is 1.39. The van der Waals surface area contributed by atoms with E-state index in [1.807, 2.05) is 18.3 Å². The van der Waals surface area contributed by atoms with Gasteiger partial charge in [0, 0.05) is 12.6 Å². The Morgan fingerprint density at radius 1 is 1.24 bits per heavy atom. The van der Waals surface area contributed by atoms with Gasteiger partial charge in [-0.15, -0.1) is 10.2 Å². The highest BCUT2D eigenvalue weighted by Crippen LogP contribution is 2.19. The number of hydrogen-bond donors (Lipinski definition) is 0. The van der Waals surface area contributed by atoms with E-state index in [1.54, 1.807) is 11.3 Å². The van der Waals surface area contributed by atoms with E-state index >= 15 is 0 Å². The Balaban J connectivity index is 2.06. The predicted octanol–water partition coefficient (Wildman–Crippen LogP) is 3.55. The van der Waals surface area contributed by atoms with Crippen LogP contribution in [0.25, 0.3) is 0 Å². The highest BCUT2D eigenvalue weighted by atomic mass is 32.1. The van der Waals surface area contributed by atoms with Crippen molar-refractivity contribution in [1.29, 1.82) is 0 Å². The Morgan fingerprint density at radius 2 is 2.00 bits per heavy atom. The van der Waals surface area contributed by atoms with Crippen LogP contribution in [-0.2, 0) is 6.42 Å². The van der Waals surface area contributed by atoms with Crippen LogP contribution in [0.2, 0.25) is 0 Å². The topological polar surface area (TPSA) is 38.1 Å². The molecule has 1 aromatic carbocycles. The smallest absolute Gasteiger partial charge is 0.226 e. The van der Waals surface area contributed by atoms with E-state index in [2.05, 4.69) is 41.2 Å². The first kappa shape index (κ1) is 11.9. The molecule has 0 radical (unpaired) electrons. The first-order valence-electron chi connectivity index (χ1n) is 5.71. The van der Waals surface area contributed by atoms with Crippen molar-refractivity contribution in [2.24, 2.45) is 4.99 Å². The van der Waals surface area contributed by atoms with Crippen LogP contribution in [0.5, 0.6) is 0 Å². The van der Waals surface area contributed by atoms with Crippen molar-refractivity contribution in [3.8, 4) is 0 Å². The SMILES string of the molecule is CCCc1nnc(N=Cc2ccc(C)cc2)s1. The molecular weight excluding hydrogens is 230 g/mol.